The molecular formula is C19H28N2O4S. The molecule has 2 rings (SSSR count). The van der Waals surface area contributed by atoms with E-state index in [4.69, 9.17) is 14.7 Å². The summed E-state index contributed by atoms with van der Waals surface area (Å²) in [6.45, 7) is 9.07. The smallest absolute Gasteiger partial charge is 0.243 e. The van der Waals surface area contributed by atoms with E-state index in [1.54, 1.807) is 16.4 Å². The summed E-state index contributed by atoms with van der Waals surface area (Å²) in [5.41, 5.74) is -0.213. The average molecular weight is 381 g/mol. The number of unbranched alkanes of at least 4 members (excludes halogenated alkanes) is 1. The topological polar surface area (TPSA) is 79.6 Å². The molecule has 0 spiro atoms. The lowest BCUT2D eigenvalue weighted by Gasteiger charge is -2.33. The zero-order valence-electron chi connectivity index (χ0n) is 16.0. The highest BCUT2D eigenvalue weighted by atomic mass is 32.2. The fourth-order valence-corrected chi connectivity index (χ4v) is 4.85. The van der Waals surface area contributed by atoms with Gasteiger partial charge in [-0.3, -0.25) is 0 Å². The molecule has 144 valence electrons. The monoisotopic (exact) mass is 380 g/mol. The Labute approximate surface area is 156 Å². The van der Waals surface area contributed by atoms with Crippen LogP contribution < -0.4 is 9.47 Å². The van der Waals surface area contributed by atoms with E-state index >= 15 is 0 Å². The molecule has 1 aromatic rings. The second-order valence-electron chi connectivity index (χ2n) is 7.88. The first-order valence-corrected chi connectivity index (χ1v) is 10.4. The van der Waals surface area contributed by atoms with Gasteiger partial charge in [0.25, 0.3) is 0 Å². The molecule has 0 amide bonds. The van der Waals surface area contributed by atoms with E-state index in [0.717, 1.165) is 12.8 Å². The molecular weight excluding hydrogens is 352 g/mol. The van der Waals surface area contributed by atoms with E-state index in [1.165, 1.54) is 6.07 Å². The first-order chi connectivity index (χ1) is 12.2. The molecule has 1 aromatic carbocycles. The standard InChI is InChI=1S/C19H28N2O4S/c1-15(2)12-21(13-19(3,4)9-5-6-10-20)26(22,23)16-7-8-17-18(11-16)25-14-24-17/h7-8,11,15H,5-6,9,12-14H2,1-4H3. The Kier molecular flexibility index (Phi) is 6.53. The summed E-state index contributed by atoms with van der Waals surface area (Å²) in [5, 5.41) is 8.74. The largest absolute Gasteiger partial charge is 0.454 e. The maximum absolute atomic E-state index is 13.3. The van der Waals surface area contributed by atoms with Crippen LogP contribution in [0.25, 0.3) is 0 Å². The summed E-state index contributed by atoms with van der Waals surface area (Å²) in [5.74, 6) is 1.23. The molecule has 1 aliphatic rings. The lowest BCUT2D eigenvalue weighted by molar-refractivity contribution is 0.174. The quantitative estimate of drug-likeness (QED) is 0.609. The Hall–Kier alpha value is -1.78. The van der Waals surface area contributed by atoms with Gasteiger partial charge in [-0.2, -0.15) is 9.57 Å². The van der Waals surface area contributed by atoms with E-state index < -0.39 is 10.0 Å². The van der Waals surface area contributed by atoms with Crippen LogP contribution in [-0.4, -0.2) is 32.6 Å². The summed E-state index contributed by atoms with van der Waals surface area (Å²) in [4.78, 5) is 0.218. The zero-order chi connectivity index (χ0) is 19.4. The highest BCUT2D eigenvalue weighted by molar-refractivity contribution is 7.89. The van der Waals surface area contributed by atoms with E-state index in [0.29, 0.717) is 31.0 Å². The molecule has 0 unspecified atom stereocenters. The minimum absolute atomic E-state index is 0.112. The van der Waals surface area contributed by atoms with E-state index in [9.17, 15) is 8.42 Å². The maximum atomic E-state index is 13.3. The molecule has 0 aromatic heterocycles. The second-order valence-corrected chi connectivity index (χ2v) is 9.82. The van der Waals surface area contributed by atoms with Crippen molar-refractivity contribution in [2.24, 2.45) is 11.3 Å². The van der Waals surface area contributed by atoms with Gasteiger partial charge in [-0.1, -0.05) is 27.7 Å². The number of nitrogens with zero attached hydrogens (tertiary/aromatic N) is 2. The van der Waals surface area contributed by atoms with Crippen LogP contribution >= 0.6 is 0 Å². The number of rotatable bonds is 9. The van der Waals surface area contributed by atoms with Gasteiger partial charge < -0.3 is 9.47 Å². The SMILES string of the molecule is CC(C)CN(CC(C)(C)CCCC#N)S(=O)(=O)c1ccc2c(c1)OCO2. The molecule has 0 bridgehead atoms. The van der Waals surface area contributed by atoms with Crippen LogP contribution in [0.4, 0.5) is 0 Å². The lowest BCUT2D eigenvalue weighted by Crippen LogP contribution is -2.41. The van der Waals surface area contributed by atoms with Crippen LogP contribution in [-0.2, 0) is 10.0 Å². The van der Waals surface area contributed by atoms with Gasteiger partial charge in [0.05, 0.1) is 11.0 Å². The van der Waals surface area contributed by atoms with E-state index in [2.05, 4.69) is 6.07 Å². The molecule has 0 N–H and O–H groups in total. The van der Waals surface area contributed by atoms with Gasteiger partial charge in [0.2, 0.25) is 16.8 Å². The van der Waals surface area contributed by atoms with Gasteiger partial charge in [0.15, 0.2) is 11.5 Å². The predicted molar refractivity (Wildman–Crippen MR) is 99.4 cm³/mol. The van der Waals surface area contributed by atoms with Crippen molar-refractivity contribution in [1.82, 2.24) is 4.31 Å². The van der Waals surface area contributed by atoms with Crippen LogP contribution in [0.1, 0.15) is 47.0 Å². The summed E-state index contributed by atoms with van der Waals surface area (Å²) in [6, 6.07) is 6.89. The Morgan fingerprint density at radius 2 is 1.96 bits per heavy atom. The number of nitriles is 1. The molecule has 0 fully saturated rings. The van der Waals surface area contributed by atoms with Crippen LogP contribution in [0, 0.1) is 22.7 Å². The number of benzene rings is 1. The van der Waals surface area contributed by atoms with Crippen molar-refractivity contribution in [3.05, 3.63) is 18.2 Å². The molecule has 0 saturated heterocycles. The van der Waals surface area contributed by atoms with Crippen molar-refractivity contribution in [2.45, 2.75) is 51.9 Å². The summed E-state index contributed by atoms with van der Waals surface area (Å²) in [6.07, 6.45) is 2.05. The predicted octanol–water partition coefficient (Wildman–Crippen LogP) is 3.78. The molecule has 0 atom stereocenters. The lowest BCUT2D eigenvalue weighted by atomic mass is 9.87. The van der Waals surface area contributed by atoms with Crippen molar-refractivity contribution in [3.63, 3.8) is 0 Å². The Bertz CT molecular complexity index is 766. The summed E-state index contributed by atoms with van der Waals surface area (Å²) in [7, 11) is -3.65. The number of sulfonamides is 1. The number of ether oxygens (including phenoxy) is 2. The third kappa shape index (κ3) is 5.12. The Morgan fingerprint density at radius 1 is 1.27 bits per heavy atom. The minimum Gasteiger partial charge on any atom is -0.454 e. The van der Waals surface area contributed by atoms with Gasteiger partial charge in [0.1, 0.15) is 0 Å². The normalized spacial score (nSPS) is 14.0. The molecule has 1 heterocycles. The number of hydrogen-bond donors (Lipinski definition) is 0. The summed E-state index contributed by atoms with van der Waals surface area (Å²) >= 11 is 0. The third-order valence-corrected chi connectivity index (χ3v) is 6.10. The second kappa shape index (κ2) is 8.28. The van der Waals surface area contributed by atoms with Crippen LogP contribution in [0.15, 0.2) is 23.1 Å². The fraction of sp³-hybridized carbons (Fsp3) is 0.632. The highest BCUT2D eigenvalue weighted by Gasteiger charge is 2.32. The van der Waals surface area contributed by atoms with Gasteiger partial charge in [-0.25, -0.2) is 8.42 Å². The number of fused-ring (bicyclic) bond motifs is 1. The molecule has 26 heavy (non-hydrogen) atoms. The first kappa shape index (κ1) is 20.5. The van der Waals surface area contributed by atoms with Gasteiger partial charge in [-0.15, -0.1) is 0 Å². The fourth-order valence-electron chi connectivity index (χ4n) is 3.04. The van der Waals surface area contributed by atoms with Crippen molar-refractivity contribution in [2.75, 3.05) is 19.9 Å². The maximum Gasteiger partial charge on any atom is 0.243 e. The van der Waals surface area contributed by atoms with Crippen molar-refractivity contribution < 1.29 is 17.9 Å². The molecule has 0 saturated carbocycles. The van der Waals surface area contributed by atoms with Gasteiger partial charge in [0, 0.05) is 25.6 Å². The van der Waals surface area contributed by atoms with Crippen molar-refractivity contribution in [1.29, 1.82) is 5.26 Å². The first-order valence-electron chi connectivity index (χ1n) is 8.92. The van der Waals surface area contributed by atoms with Gasteiger partial charge >= 0.3 is 0 Å². The highest BCUT2D eigenvalue weighted by Crippen LogP contribution is 2.35. The Balaban J connectivity index is 2.25. The van der Waals surface area contributed by atoms with E-state index in [-0.39, 0.29) is 23.0 Å². The Morgan fingerprint density at radius 3 is 2.62 bits per heavy atom. The molecule has 0 radical (unpaired) electrons. The van der Waals surface area contributed by atoms with Crippen LogP contribution in [0.5, 0.6) is 11.5 Å². The third-order valence-electron chi connectivity index (χ3n) is 4.30. The number of hydrogen-bond acceptors (Lipinski definition) is 5. The van der Waals surface area contributed by atoms with Crippen molar-refractivity contribution >= 4 is 10.0 Å². The average Bonchev–Trinajstić information content (AvgIpc) is 3.01. The van der Waals surface area contributed by atoms with E-state index in [1.807, 2.05) is 27.7 Å². The molecule has 0 aliphatic carbocycles. The zero-order valence-corrected chi connectivity index (χ0v) is 16.8. The van der Waals surface area contributed by atoms with Crippen molar-refractivity contribution in [3.8, 4) is 17.6 Å². The van der Waals surface area contributed by atoms with Crippen LogP contribution in [0.2, 0.25) is 0 Å². The molecule has 7 heteroatoms. The molecule has 1 aliphatic heterocycles. The molecule has 6 nitrogen and oxygen atoms in total. The minimum atomic E-state index is -3.65. The van der Waals surface area contributed by atoms with Gasteiger partial charge in [-0.05, 0) is 36.3 Å². The summed E-state index contributed by atoms with van der Waals surface area (Å²) < 4.78 is 38.7. The van der Waals surface area contributed by atoms with Crippen LogP contribution in [0.3, 0.4) is 0 Å².